The molecule has 1 aliphatic rings. The summed E-state index contributed by atoms with van der Waals surface area (Å²) < 4.78 is 10.8. The predicted molar refractivity (Wildman–Crippen MR) is 66.9 cm³/mol. The van der Waals surface area contributed by atoms with Crippen LogP contribution in [0.2, 0.25) is 0 Å². The second-order valence-corrected chi connectivity index (χ2v) is 5.07. The lowest BCUT2D eigenvalue weighted by Crippen LogP contribution is -2.45. The molecule has 0 aromatic carbocycles. The monoisotopic (exact) mass is 243 g/mol. The quantitative estimate of drug-likeness (QED) is 0.773. The second-order valence-electron chi connectivity index (χ2n) is 5.07. The van der Waals surface area contributed by atoms with Crippen molar-refractivity contribution in [2.45, 2.75) is 45.6 Å². The lowest BCUT2D eigenvalue weighted by atomic mass is 9.98. The highest BCUT2D eigenvalue weighted by molar-refractivity contribution is 5.84. The molecule has 0 aromatic heterocycles. The van der Waals surface area contributed by atoms with E-state index in [1.165, 1.54) is 6.42 Å². The molecule has 0 bridgehead atoms. The van der Waals surface area contributed by atoms with Crippen LogP contribution in [0.5, 0.6) is 0 Å². The Morgan fingerprint density at radius 2 is 2.29 bits per heavy atom. The van der Waals surface area contributed by atoms with Gasteiger partial charge in [0.1, 0.15) is 5.60 Å². The highest BCUT2D eigenvalue weighted by Crippen LogP contribution is 2.16. The van der Waals surface area contributed by atoms with Crippen LogP contribution in [-0.4, -0.2) is 37.9 Å². The Morgan fingerprint density at radius 3 is 2.88 bits per heavy atom. The lowest BCUT2D eigenvalue weighted by Gasteiger charge is -2.25. The summed E-state index contributed by atoms with van der Waals surface area (Å²) in [6.45, 7) is 8.49. The van der Waals surface area contributed by atoms with E-state index in [4.69, 9.17) is 9.47 Å². The van der Waals surface area contributed by atoms with Crippen molar-refractivity contribution in [1.29, 1.82) is 0 Å². The number of carbonyl (C=O) groups is 1. The van der Waals surface area contributed by atoms with Crippen molar-refractivity contribution >= 4 is 5.91 Å². The summed E-state index contributed by atoms with van der Waals surface area (Å²) in [4.78, 5) is 11.8. The van der Waals surface area contributed by atoms with Crippen molar-refractivity contribution < 1.29 is 14.3 Å². The van der Waals surface area contributed by atoms with Crippen molar-refractivity contribution in [3.63, 3.8) is 0 Å². The summed E-state index contributed by atoms with van der Waals surface area (Å²) in [6.07, 6.45) is 3.35. The largest absolute Gasteiger partial charge is 0.381 e. The first-order chi connectivity index (χ1) is 8.06. The fourth-order valence-corrected chi connectivity index (χ4v) is 2.06. The molecule has 17 heavy (non-hydrogen) atoms. The Morgan fingerprint density at radius 1 is 1.53 bits per heavy atom. The van der Waals surface area contributed by atoms with E-state index >= 15 is 0 Å². The van der Waals surface area contributed by atoms with Gasteiger partial charge in [-0.2, -0.15) is 0 Å². The van der Waals surface area contributed by atoms with E-state index in [2.05, 4.69) is 5.32 Å². The van der Waals surface area contributed by atoms with E-state index in [9.17, 15) is 4.79 Å². The van der Waals surface area contributed by atoms with Crippen molar-refractivity contribution in [2.75, 3.05) is 26.4 Å². The number of ether oxygens (including phenoxy) is 2. The SMILES string of the molecule is CCOC(C)(C)C(=O)NCCC1CCCOC1. The van der Waals surface area contributed by atoms with Gasteiger partial charge < -0.3 is 14.8 Å². The van der Waals surface area contributed by atoms with E-state index in [-0.39, 0.29) is 5.91 Å². The molecule has 1 rings (SSSR count). The molecule has 1 heterocycles. The number of amides is 1. The van der Waals surface area contributed by atoms with E-state index < -0.39 is 5.60 Å². The molecule has 1 saturated heterocycles. The Balaban J connectivity index is 2.18. The van der Waals surface area contributed by atoms with E-state index in [0.29, 0.717) is 19.1 Å². The number of hydrogen-bond acceptors (Lipinski definition) is 3. The van der Waals surface area contributed by atoms with Crippen molar-refractivity contribution in [3.8, 4) is 0 Å². The van der Waals surface area contributed by atoms with Gasteiger partial charge in [0.2, 0.25) is 0 Å². The van der Waals surface area contributed by atoms with Gasteiger partial charge in [0.05, 0.1) is 0 Å². The predicted octanol–water partition coefficient (Wildman–Crippen LogP) is 1.73. The van der Waals surface area contributed by atoms with Gasteiger partial charge >= 0.3 is 0 Å². The smallest absolute Gasteiger partial charge is 0.251 e. The summed E-state index contributed by atoms with van der Waals surface area (Å²) in [7, 11) is 0. The van der Waals surface area contributed by atoms with Gasteiger partial charge in [-0.1, -0.05) is 0 Å². The molecule has 0 saturated carbocycles. The van der Waals surface area contributed by atoms with E-state index in [1.807, 2.05) is 6.92 Å². The van der Waals surface area contributed by atoms with Crippen LogP contribution in [0, 0.1) is 5.92 Å². The summed E-state index contributed by atoms with van der Waals surface area (Å²) >= 11 is 0. The zero-order chi connectivity index (χ0) is 12.7. The topological polar surface area (TPSA) is 47.6 Å². The Kier molecular flexibility index (Phi) is 5.92. The van der Waals surface area contributed by atoms with Crippen LogP contribution in [-0.2, 0) is 14.3 Å². The van der Waals surface area contributed by atoms with Crippen molar-refractivity contribution in [3.05, 3.63) is 0 Å². The van der Waals surface area contributed by atoms with Crippen LogP contribution in [0.1, 0.15) is 40.0 Å². The Labute approximate surface area is 104 Å². The Hall–Kier alpha value is -0.610. The van der Waals surface area contributed by atoms with Gasteiger partial charge in [-0.15, -0.1) is 0 Å². The van der Waals surface area contributed by atoms with Crippen LogP contribution >= 0.6 is 0 Å². The zero-order valence-electron chi connectivity index (χ0n) is 11.3. The van der Waals surface area contributed by atoms with E-state index in [1.54, 1.807) is 13.8 Å². The molecule has 1 amide bonds. The highest BCUT2D eigenvalue weighted by Gasteiger charge is 2.27. The molecule has 1 fully saturated rings. The third-order valence-electron chi connectivity index (χ3n) is 3.14. The zero-order valence-corrected chi connectivity index (χ0v) is 11.3. The average molecular weight is 243 g/mol. The van der Waals surface area contributed by atoms with Crippen LogP contribution in [0.15, 0.2) is 0 Å². The maximum Gasteiger partial charge on any atom is 0.251 e. The minimum atomic E-state index is -0.724. The molecule has 100 valence electrons. The van der Waals surface area contributed by atoms with Gasteiger partial charge in [0, 0.05) is 26.4 Å². The van der Waals surface area contributed by atoms with Crippen LogP contribution in [0.3, 0.4) is 0 Å². The van der Waals surface area contributed by atoms with Gasteiger partial charge in [0.25, 0.3) is 5.91 Å². The molecule has 4 nitrogen and oxygen atoms in total. The second kappa shape index (κ2) is 6.97. The Bertz CT molecular complexity index is 235. The summed E-state index contributed by atoms with van der Waals surface area (Å²) in [6, 6.07) is 0. The summed E-state index contributed by atoms with van der Waals surface area (Å²) in [5.74, 6) is 0.565. The third kappa shape index (κ3) is 5.04. The van der Waals surface area contributed by atoms with Crippen LogP contribution < -0.4 is 5.32 Å². The maximum atomic E-state index is 11.8. The number of rotatable bonds is 6. The number of nitrogens with one attached hydrogen (secondary N) is 1. The first-order valence-electron chi connectivity index (χ1n) is 6.56. The first-order valence-corrected chi connectivity index (χ1v) is 6.56. The molecule has 0 radical (unpaired) electrons. The molecular weight excluding hydrogens is 218 g/mol. The van der Waals surface area contributed by atoms with E-state index in [0.717, 1.165) is 26.1 Å². The summed E-state index contributed by atoms with van der Waals surface area (Å²) in [5, 5.41) is 2.94. The highest BCUT2D eigenvalue weighted by atomic mass is 16.5. The minimum Gasteiger partial charge on any atom is -0.381 e. The normalized spacial score (nSPS) is 21.2. The minimum absolute atomic E-state index is 0.0314. The summed E-state index contributed by atoms with van der Waals surface area (Å²) in [5.41, 5.74) is -0.724. The molecule has 1 unspecified atom stereocenters. The van der Waals surface area contributed by atoms with Crippen molar-refractivity contribution in [1.82, 2.24) is 5.32 Å². The molecular formula is C13H25NO3. The fourth-order valence-electron chi connectivity index (χ4n) is 2.06. The third-order valence-corrected chi connectivity index (χ3v) is 3.14. The fraction of sp³-hybridized carbons (Fsp3) is 0.923. The molecule has 1 atom stereocenters. The molecule has 0 aliphatic carbocycles. The average Bonchev–Trinajstić information content (AvgIpc) is 2.30. The van der Waals surface area contributed by atoms with Gasteiger partial charge in [-0.25, -0.2) is 0 Å². The van der Waals surface area contributed by atoms with Crippen LogP contribution in [0.25, 0.3) is 0 Å². The molecule has 1 aliphatic heterocycles. The lowest BCUT2D eigenvalue weighted by molar-refractivity contribution is -0.142. The van der Waals surface area contributed by atoms with Crippen molar-refractivity contribution in [2.24, 2.45) is 5.92 Å². The molecule has 0 spiro atoms. The molecule has 1 N–H and O–H groups in total. The standard InChI is InChI=1S/C13H25NO3/c1-4-17-13(2,3)12(15)14-8-7-11-6-5-9-16-10-11/h11H,4-10H2,1-3H3,(H,14,15). The maximum absolute atomic E-state index is 11.8. The molecule has 0 aromatic rings. The van der Waals surface area contributed by atoms with Crippen LogP contribution in [0.4, 0.5) is 0 Å². The van der Waals surface area contributed by atoms with Gasteiger partial charge in [0.15, 0.2) is 0 Å². The first kappa shape index (κ1) is 14.5. The number of carbonyl (C=O) groups excluding carboxylic acids is 1. The number of hydrogen-bond donors (Lipinski definition) is 1. The van der Waals surface area contributed by atoms with Gasteiger partial charge in [-0.05, 0) is 46.0 Å². The van der Waals surface area contributed by atoms with Gasteiger partial charge in [-0.3, -0.25) is 4.79 Å². The molecule has 4 heteroatoms.